The third-order valence-electron chi connectivity index (χ3n) is 3.54. The number of nitrogens with one attached hydrogen (secondary N) is 1. The van der Waals surface area contributed by atoms with Crippen LogP contribution in [0.2, 0.25) is 0 Å². The smallest absolute Gasteiger partial charge is 0.256 e. The monoisotopic (exact) mass is 252 g/mol. The summed E-state index contributed by atoms with van der Waals surface area (Å²) in [6.07, 6.45) is 0. The van der Waals surface area contributed by atoms with E-state index in [1.165, 1.54) is 5.56 Å². The molecule has 0 radical (unpaired) electrons. The number of nitrogens with two attached hydrogens (primary N) is 1. The van der Waals surface area contributed by atoms with Crippen LogP contribution in [0.1, 0.15) is 25.3 Å². The van der Waals surface area contributed by atoms with E-state index in [0.717, 1.165) is 21.7 Å². The van der Waals surface area contributed by atoms with Crippen molar-refractivity contribution in [2.75, 3.05) is 5.73 Å². The molecule has 0 aliphatic rings. The summed E-state index contributed by atoms with van der Waals surface area (Å²) in [5.74, 6) is 0.403. The molecule has 1 heterocycles. The molecule has 96 valence electrons. The number of anilines is 1. The van der Waals surface area contributed by atoms with Crippen LogP contribution in [0.25, 0.3) is 21.7 Å². The number of H-pyrrole nitrogens is 1. The van der Waals surface area contributed by atoms with E-state index in [1.807, 2.05) is 24.3 Å². The number of hydrogen-bond donors (Lipinski definition) is 2. The van der Waals surface area contributed by atoms with Crippen LogP contribution in [0.3, 0.4) is 0 Å². The van der Waals surface area contributed by atoms with Crippen LogP contribution in [0.5, 0.6) is 0 Å². The van der Waals surface area contributed by atoms with Gasteiger partial charge in [0.05, 0.1) is 0 Å². The lowest BCUT2D eigenvalue weighted by Gasteiger charge is -2.09. The topological polar surface area (TPSA) is 58.9 Å². The maximum Gasteiger partial charge on any atom is 0.256 e. The molecule has 3 rings (SSSR count). The fourth-order valence-corrected chi connectivity index (χ4v) is 2.43. The zero-order valence-electron chi connectivity index (χ0n) is 11.0. The number of nitrogen functional groups attached to an aromatic ring is 1. The first kappa shape index (κ1) is 11.8. The summed E-state index contributed by atoms with van der Waals surface area (Å²) in [7, 11) is 0. The summed E-state index contributed by atoms with van der Waals surface area (Å²) in [5.41, 5.74) is 8.49. The van der Waals surface area contributed by atoms with E-state index in [4.69, 9.17) is 5.73 Å². The van der Waals surface area contributed by atoms with Gasteiger partial charge in [0, 0.05) is 22.0 Å². The summed E-state index contributed by atoms with van der Waals surface area (Å²) in [6.45, 7) is 4.24. The molecule has 0 atom stereocenters. The van der Waals surface area contributed by atoms with E-state index in [1.54, 1.807) is 6.07 Å². The number of hydrogen-bond acceptors (Lipinski definition) is 2. The van der Waals surface area contributed by atoms with E-state index in [-0.39, 0.29) is 5.56 Å². The van der Waals surface area contributed by atoms with Gasteiger partial charge < -0.3 is 10.7 Å². The molecule has 1 aromatic heterocycles. The zero-order chi connectivity index (χ0) is 13.6. The van der Waals surface area contributed by atoms with Crippen molar-refractivity contribution in [1.82, 2.24) is 4.98 Å². The van der Waals surface area contributed by atoms with Crippen molar-refractivity contribution in [1.29, 1.82) is 0 Å². The van der Waals surface area contributed by atoms with Crippen molar-refractivity contribution in [3.63, 3.8) is 0 Å². The van der Waals surface area contributed by atoms with Crippen molar-refractivity contribution < 1.29 is 0 Å². The van der Waals surface area contributed by atoms with Gasteiger partial charge in [0.1, 0.15) is 0 Å². The first-order valence-electron chi connectivity index (χ1n) is 6.41. The summed E-state index contributed by atoms with van der Waals surface area (Å²) in [5, 5.41) is 2.67. The second kappa shape index (κ2) is 4.12. The SMILES string of the molecule is CC(C)c1ccc2c(c1)c(=O)[nH]c1ccc(N)cc12. The Labute approximate surface area is 111 Å². The summed E-state index contributed by atoms with van der Waals surface area (Å²) >= 11 is 0. The summed E-state index contributed by atoms with van der Waals surface area (Å²) in [6, 6.07) is 11.6. The molecular weight excluding hydrogens is 236 g/mol. The lowest BCUT2D eigenvalue weighted by Crippen LogP contribution is -2.07. The van der Waals surface area contributed by atoms with E-state index < -0.39 is 0 Å². The minimum Gasteiger partial charge on any atom is -0.399 e. The molecule has 0 saturated carbocycles. The number of pyridine rings is 1. The van der Waals surface area contributed by atoms with Gasteiger partial charge in [-0.1, -0.05) is 26.0 Å². The normalized spacial score (nSPS) is 11.5. The molecule has 3 N–H and O–H groups in total. The minimum absolute atomic E-state index is 0.0465. The zero-order valence-corrected chi connectivity index (χ0v) is 11.0. The minimum atomic E-state index is -0.0465. The molecule has 0 bridgehead atoms. The number of aromatic nitrogens is 1. The lowest BCUT2D eigenvalue weighted by molar-refractivity contribution is 0.868. The van der Waals surface area contributed by atoms with E-state index in [9.17, 15) is 4.79 Å². The Hall–Kier alpha value is -2.29. The van der Waals surface area contributed by atoms with Gasteiger partial charge in [-0.3, -0.25) is 4.79 Å². The first-order chi connectivity index (χ1) is 9.06. The molecule has 0 spiro atoms. The Morgan fingerprint density at radius 1 is 1.00 bits per heavy atom. The summed E-state index contributed by atoms with van der Waals surface area (Å²) < 4.78 is 0. The standard InChI is InChI=1S/C16H16N2O/c1-9(2)10-3-5-12-13-8-11(17)4-6-15(13)18-16(19)14(12)7-10/h3-9H,17H2,1-2H3,(H,18,19). The second-order valence-corrected chi connectivity index (χ2v) is 5.22. The molecule has 19 heavy (non-hydrogen) atoms. The predicted octanol–water partition coefficient (Wildman–Crippen LogP) is 3.39. The van der Waals surface area contributed by atoms with Gasteiger partial charge in [-0.2, -0.15) is 0 Å². The van der Waals surface area contributed by atoms with Crippen LogP contribution in [-0.4, -0.2) is 4.98 Å². The van der Waals surface area contributed by atoms with Crippen molar-refractivity contribution in [2.24, 2.45) is 0 Å². The number of rotatable bonds is 1. The lowest BCUT2D eigenvalue weighted by atomic mass is 9.98. The molecule has 2 aromatic carbocycles. The van der Waals surface area contributed by atoms with Crippen molar-refractivity contribution in [3.8, 4) is 0 Å². The maximum atomic E-state index is 12.2. The Kier molecular flexibility index (Phi) is 2.56. The Bertz CT molecular complexity index is 831. The number of fused-ring (bicyclic) bond motifs is 3. The average molecular weight is 252 g/mol. The maximum absolute atomic E-state index is 12.2. The van der Waals surface area contributed by atoms with Crippen LogP contribution >= 0.6 is 0 Å². The highest BCUT2D eigenvalue weighted by molar-refractivity contribution is 6.06. The summed E-state index contributed by atoms with van der Waals surface area (Å²) in [4.78, 5) is 15.1. The third kappa shape index (κ3) is 1.87. The Morgan fingerprint density at radius 2 is 1.79 bits per heavy atom. The van der Waals surface area contributed by atoms with Crippen LogP contribution in [0, 0.1) is 0 Å². The number of aromatic amines is 1. The van der Waals surface area contributed by atoms with Crippen LogP contribution in [0.4, 0.5) is 5.69 Å². The molecule has 3 heteroatoms. The van der Waals surface area contributed by atoms with Crippen LogP contribution in [0.15, 0.2) is 41.2 Å². The van der Waals surface area contributed by atoms with Gasteiger partial charge in [0.25, 0.3) is 5.56 Å². The highest BCUT2D eigenvalue weighted by atomic mass is 16.1. The predicted molar refractivity (Wildman–Crippen MR) is 80.6 cm³/mol. The van der Waals surface area contributed by atoms with Crippen molar-refractivity contribution >= 4 is 27.4 Å². The Morgan fingerprint density at radius 3 is 2.53 bits per heavy atom. The van der Waals surface area contributed by atoms with E-state index in [0.29, 0.717) is 11.6 Å². The largest absolute Gasteiger partial charge is 0.399 e. The third-order valence-corrected chi connectivity index (χ3v) is 3.54. The average Bonchev–Trinajstić information content (AvgIpc) is 2.39. The van der Waals surface area contributed by atoms with E-state index >= 15 is 0 Å². The molecule has 0 unspecified atom stereocenters. The number of benzene rings is 2. The van der Waals surface area contributed by atoms with Gasteiger partial charge in [-0.25, -0.2) is 0 Å². The first-order valence-corrected chi connectivity index (χ1v) is 6.41. The van der Waals surface area contributed by atoms with Gasteiger partial charge >= 0.3 is 0 Å². The van der Waals surface area contributed by atoms with E-state index in [2.05, 4.69) is 24.9 Å². The van der Waals surface area contributed by atoms with Crippen molar-refractivity contribution in [2.45, 2.75) is 19.8 Å². The molecule has 0 aliphatic carbocycles. The molecule has 0 aliphatic heterocycles. The van der Waals surface area contributed by atoms with Gasteiger partial charge in [-0.15, -0.1) is 0 Å². The molecule has 0 amide bonds. The van der Waals surface area contributed by atoms with Crippen molar-refractivity contribution in [3.05, 3.63) is 52.3 Å². The second-order valence-electron chi connectivity index (χ2n) is 5.22. The highest BCUT2D eigenvalue weighted by Crippen LogP contribution is 2.26. The fourth-order valence-electron chi connectivity index (χ4n) is 2.43. The molecule has 0 saturated heterocycles. The fraction of sp³-hybridized carbons (Fsp3) is 0.188. The Balaban J connectivity index is 2.48. The van der Waals surface area contributed by atoms with Gasteiger partial charge in [0.15, 0.2) is 0 Å². The van der Waals surface area contributed by atoms with Gasteiger partial charge in [0.2, 0.25) is 0 Å². The molecule has 0 fully saturated rings. The highest BCUT2D eigenvalue weighted by Gasteiger charge is 2.07. The molecule has 3 nitrogen and oxygen atoms in total. The van der Waals surface area contributed by atoms with Gasteiger partial charge in [-0.05, 0) is 41.1 Å². The quantitative estimate of drug-likeness (QED) is 0.515. The molecular formula is C16H16N2O. The van der Waals surface area contributed by atoms with Crippen LogP contribution < -0.4 is 11.3 Å². The molecule has 3 aromatic rings. The van der Waals surface area contributed by atoms with Crippen LogP contribution in [-0.2, 0) is 0 Å².